The summed E-state index contributed by atoms with van der Waals surface area (Å²) < 4.78 is 11.5. The first kappa shape index (κ1) is 9.88. The van der Waals surface area contributed by atoms with Crippen molar-refractivity contribution in [2.75, 3.05) is 11.9 Å². The highest BCUT2D eigenvalue weighted by molar-refractivity contribution is 7.80. The van der Waals surface area contributed by atoms with Crippen LogP contribution in [-0.4, -0.2) is 11.9 Å². The van der Waals surface area contributed by atoms with E-state index in [4.69, 9.17) is 0 Å². The second-order valence-corrected chi connectivity index (χ2v) is 5.14. The van der Waals surface area contributed by atoms with E-state index in [1.807, 2.05) is 31.2 Å². The molecule has 12 heavy (non-hydrogen) atoms. The summed E-state index contributed by atoms with van der Waals surface area (Å²) in [5.74, 6) is 0.700. The van der Waals surface area contributed by atoms with Crippen LogP contribution in [-0.2, 0) is 4.57 Å². The predicted octanol–water partition coefficient (Wildman–Crippen LogP) is 2.11. The zero-order chi connectivity index (χ0) is 8.97. The van der Waals surface area contributed by atoms with E-state index in [0.29, 0.717) is 11.9 Å². The van der Waals surface area contributed by atoms with Crippen molar-refractivity contribution in [2.24, 2.45) is 0 Å². The fraction of sp³-hybridized carbons (Fsp3) is 0.333. The molecular formula is C9H13OPS. The van der Waals surface area contributed by atoms with E-state index in [0.717, 1.165) is 5.30 Å². The zero-order valence-corrected chi connectivity index (χ0v) is 8.97. The molecule has 0 aliphatic heterocycles. The van der Waals surface area contributed by atoms with Crippen LogP contribution in [0.15, 0.2) is 24.3 Å². The highest BCUT2D eigenvalue weighted by Gasteiger charge is 2.01. The average molecular weight is 200 g/mol. The van der Waals surface area contributed by atoms with Crippen LogP contribution in [0, 0.1) is 6.92 Å². The van der Waals surface area contributed by atoms with E-state index >= 15 is 0 Å². The highest BCUT2D eigenvalue weighted by Crippen LogP contribution is 2.19. The second kappa shape index (κ2) is 4.74. The molecule has 1 nitrogen and oxygen atoms in total. The topological polar surface area (TPSA) is 17.1 Å². The summed E-state index contributed by atoms with van der Waals surface area (Å²) in [7, 11) is -1.57. The first-order valence-electron chi connectivity index (χ1n) is 3.95. The normalized spacial score (nSPS) is 12.8. The number of hydrogen-bond donors (Lipinski definition) is 1. The minimum atomic E-state index is -1.57. The summed E-state index contributed by atoms with van der Waals surface area (Å²) in [6, 6.07) is 7.88. The van der Waals surface area contributed by atoms with Crippen LogP contribution in [0.25, 0.3) is 0 Å². The van der Waals surface area contributed by atoms with Gasteiger partial charge in [0.15, 0.2) is 0 Å². The summed E-state index contributed by atoms with van der Waals surface area (Å²) >= 11 is 4.06. The molecule has 0 amide bonds. The third kappa shape index (κ3) is 2.69. The first-order chi connectivity index (χ1) is 5.74. The quantitative estimate of drug-likeness (QED) is 0.584. The summed E-state index contributed by atoms with van der Waals surface area (Å²) in [5.41, 5.74) is 1.17. The number of aryl methyl sites for hydroxylation is 1. The van der Waals surface area contributed by atoms with Crippen LogP contribution in [0.1, 0.15) is 5.56 Å². The van der Waals surface area contributed by atoms with Gasteiger partial charge in [0.25, 0.3) is 0 Å². The molecule has 1 rings (SSSR count). The number of hydrogen-bond acceptors (Lipinski definition) is 2. The molecule has 0 saturated carbocycles. The van der Waals surface area contributed by atoms with E-state index in [9.17, 15) is 4.57 Å². The summed E-state index contributed by atoms with van der Waals surface area (Å²) in [6.45, 7) is 2.01. The molecule has 1 aromatic carbocycles. The van der Waals surface area contributed by atoms with Gasteiger partial charge in [-0.25, -0.2) is 0 Å². The van der Waals surface area contributed by atoms with Gasteiger partial charge in [0.2, 0.25) is 0 Å². The van der Waals surface area contributed by atoms with E-state index in [1.165, 1.54) is 5.56 Å². The van der Waals surface area contributed by atoms with Gasteiger partial charge in [-0.1, -0.05) is 23.8 Å². The minimum absolute atomic E-state index is 0.700. The lowest BCUT2D eigenvalue weighted by molar-refractivity contribution is 0.594. The Morgan fingerprint density at radius 1 is 1.50 bits per heavy atom. The molecule has 1 unspecified atom stereocenters. The Kier molecular flexibility index (Phi) is 3.90. The largest absolute Gasteiger partial charge is 0.322 e. The van der Waals surface area contributed by atoms with Crippen molar-refractivity contribution in [3.05, 3.63) is 29.8 Å². The van der Waals surface area contributed by atoms with Gasteiger partial charge >= 0.3 is 0 Å². The van der Waals surface area contributed by atoms with Crippen molar-refractivity contribution in [1.29, 1.82) is 0 Å². The van der Waals surface area contributed by atoms with E-state index in [1.54, 1.807) is 0 Å². The van der Waals surface area contributed by atoms with Crippen LogP contribution in [0.5, 0.6) is 0 Å². The summed E-state index contributed by atoms with van der Waals surface area (Å²) in [6.07, 6.45) is 0.706. The SMILES string of the molecule is Cc1cccc([PH](=O)CCS)c1. The molecule has 1 atom stereocenters. The Morgan fingerprint density at radius 3 is 2.83 bits per heavy atom. The van der Waals surface area contributed by atoms with Gasteiger partial charge in [-0.15, -0.1) is 0 Å². The molecular weight excluding hydrogens is 187 g/mol. The summed E-state index contributed by atoms with van der Waals surface area (Å²) in [5, 5.41) is 0.981. The fourth-order valence-electron chi connectivity index (χ4n) is 1.06. The molecule has 0 spiro atoms. The zero-order valence-electron chi connectivity index (χ0n) is 7.08. The number of benzene rings is 1. The molecule has 3 heteroatoms. The average Bonchev–Trinajstić information content (AvgIpc) is 2.05. The monoisotopic (exact) mass is 200 g/mol. The first-order valence-corrected chi connectivity index (χ1v) is 6.19. The van der Waals surface area contributed by atoms with Crippen molar-refractivity contribution in [3.8, 4) is 0 Å². The molecule has 66 valence electrons. The Morgan fingerprint density at radius 2 is 2.25 bits per heavy atom. The third-order valence-corrected chi connectivity index (χ3v) is 3.98. The van der Waals surface area contributed by atoms with E-state index in [2.05, 4.69) is 12.6 Å². The van der Waals surface area contributed by atoms with Gasteiger partial charge in [-0.05, 0) is 18.7 Å². The minimum Gasteiger partial charge on any atom is -0.322 e. The Bertz CT molecular complexity index is 286. The molecule has 1 aromatic rings. The van der Waals surface area contributed by atoms with Crippen LogP contribution in [0.2, 0.25) is 0 Å². The Labute approximate surface area is 79.4 Å². The lowest BCUT2D eigenvalue weighted by atomic mass is 10.2. The Balaban J connectivity index is 2.81. The van der Waals surface area contributed by atoms with Gasteiger partial charge < -0.3 is 4.57 Å². The summed E-state index contributed by atoms with van der Waals surface area (Å²) in [4.78, 5) is 0. The molecule has 0 fully saturated rings. The molecule has 0 aliphatic rings. The Hall–Kier alpha value is -0.200. The van der Waals surface area contributed by atoms with Crippen molar-refractivity contribution in [2.45, 2.75) is 6.92 Å². The highest BCUT2D eigenvalue weighted by atomic mass is 32.1. The van der Waals surface area contributed by atoms with Gasteiger partial charge in [0.1, 0.15) is 7.80 Å². The molecule has 0 radical (unpaired) electrons. The maximum Gasteiger partial charge on any atom is 0.104 e. The van der Waals surface area contributed by atoms with Gasteiger partial charge in [-0.3, -0.25) is 0 Å². The molecule has 0 aromatic heterocycles. The van der Waals surface area contributed by atoms with Gasteiger partial charge in [-0.2, -0.15) is 12.6 Å². The van der Waals surface area contributed by atoms with Gasteiger partial charge in [0.05, 0.1) is 0 Å². The molecule has 0 saturated heterocycles. The number of thiol groups is 1. The second-order valence-electron chi connectivity index (χ2n) is 2.77. The van der Waals surface area contributed by atoms with E-state index in [-0.39, 0.29) is 0 Å². The van der Waals surface area contributed by atoms with E-state index < -0.39 is 7.80 Å². The molecule has 0 bridgehead atoms. The molecule has 0 aliphatic carbocycles. The smallest absolute Gasteiger partial charge is 0.104 e. The third-order valence-electron chi connectivity index (χ3n) is 1.68. The molecule has 0 N–H and O–H groups in total. The van der Waals surface area contributed by atoms with Crippen molar-refractivity contribution < 1.29 is 4.57 Å². The molecule has 0 heterocycles. The number of rotatable bonds is 3. The maximum absolute atomic E-state index is 11.5. The predicted molar refractivity (Wildman–Crippen MR) is 58.5 cm³/mol. The van der Waals surface area contributed by atoms with Gasteiger partial charge in [0, 0.05) is 11.5 Å². The lowest BCUT2D eigenvalue weighted by Gasteiger charge is -2.00. The van der Waals surface area contributed by atoms with Crippen LogP contribution in [0.3, 0.4) is 0 Å². The van der Waals surface area contributed by atoms with Crippen molar-refractivity contribution in [3.63, 3.8) is 0 Å². The van der Waals surface area contributed by atoms with Crippen LogP contribution < -0.4 is 5.30 Å². The maximum atomic E-state index is 11.5. The van der Waals surface area contributed by atoms with Crippen molar-refractivity contribution in [1.82, 2.24) is 0 Å². The van der Waals surface area contributed by atoms with Crippen molar-refractivity contribution >= 4 is 25.7 Å². The van der Waals surface area contributed by atoms with Crippen LogP contribution in [0.4, 0.5) is 0 Å². The standard InChI is InChI=1S/C9H13OPS/c1-8-3-2-4-9(7-8)11(10)5-6-12/h2-4,7,11-12H,5-6H2,1H3. The fourth-order valence-corrected chi connectivity index (χ4v) is 2.84. The van der Waals surface area contributed by atoms with Crippen LogP contribution >= 0.6 is 20.4 Å². The lowest BCUT2D eigenvalue weighted by Crippen LogP contribution is -1.98.